The van der Waals surface area contributed by atoms with Crippen molar-refractivity contribution in [1.82, 2.24) is 4.90 Å². The van der Waals surface area contributed by atoms with E-state index in [1.807, 2.05) is 19.1 Å². The molecule has 4 heteroatoms. The number of hydrogen-bond donors (Lipinski definition) is 1. The number of nitrogens with two attached hydrogens (primary N) is 1. The minimum atomic E-state index is -0.158. The van der Waals surface area contributed by atoms with Gasteiger partial charge in [0.05, 0.1) is 5.69 Å². The van der Waals surface area contributed by atoms with E-state index in [-0.39, 0.29) is 11.9 Å². The number of anilines is 1. The molecule has 0 aromatic heterocycles. The Morgan fingerprint density at radius 3 is 2.74 bits per heavy atom. The number of halogens is 1. The molecule has 0 bridgehead atoms. The highest BCUT2D eigenvalue weighted by Gasteiger charge is 2.23. The van der Waals surface area contributed by atoms with Crippen LogP contribution >= 0.6 is 0 Å². The summed E-state index contributed by atoms with van der Waals surface area (Å²) in [6.45, 7) is 3.69. The molecular weight excluding hydrogens is 241 g/mol. The summed E-state index contributed by atoms with van der Waals surface area (Å²) in [6, 6.07) is 5.74. The van der Waals surface area contributed by atoms with Gasteiger partial charge < -0.3 is 15.5 Å². The summed E-state index contributed by atoms with van der Waals surface area (Å²) in [5.41, 5.74) is 7.34. The van der Waals surface area contributed by atoms with Gasteiger partial charge >= 0.3 is 0 Å². The molecule has 0 amide bonds. The molecule has 0 spiro atoms. The van der Waals surface area contributed by atoms with Crippen molar-refractivity contribution < 1.29 is 4.39 Å². The Morgan fingerprint density at radius 2 is 2.16 bits per heavy atom. The second kappa shape index (κ2) is 5.88. The van der Waals surface area contributed by atoms with Crippen LogP contribution in [0.15, 0.2) is 18.2 Å². The van der Waals surface area contributed by atoms with Crippen LogP contribution in [0.1, 0.15) is 31.4 Å². The van der Waals surface area contributed by atoms with E-state index in [0.717, 1.165) is 25.1 Å². The molecule has 1 unspecified atom stereocenters. The largest absolute Gasteiger partial charge is 0.368 e. The van der Waals surface area contributed by atoms with Crippen LogP contribution in [0.3, 0.4) is 0 Å². The van der Waals surface area contributed by atoms with Crippen molar-refractivity contribution in [3.63, 3.8) is 0 Å². The second-order valence-electron chi connectivity index (χ2n) is 5.71. The van der Waals surface area contributed by atoms with Gasteiger partial charge in [0.2, 0.25) is 0 Å². The molecule has 0 aliphatic carbocycles. The van der Waals surface area contributed by atoms with Crippen LogP contribution in [0.5, 0.6) is 0 Å². The number of piperidine rings is 1. The van der Waals surface area contributed by atoms with Crippen molar-refractivity contribution in [2.75, 3.05) is 32.1 Å². The van der Waals surface area contributed by atoms with Crippen LogP contribution in [0.2, 0.25) is 0 Å². The Balaban J connectivity index is 2.17. The number of hydrogen-bond acceptors (Lipinski definition) is 3. The molecule has 1 saturated heterocycles. The maximum absolute atomic E-state index is 14.2. The van der Waals surface area contributed by atoms with Gasteiger partial charge in [0, 0.05) is 25.2 Å². The Bertz CT molecular complexity index is 431. The lowest BCUT2D eigenvalue weighted by Crippen LogP contribution is -2.45. The van der Waals surface area contributed by atoms with Crippen molar-refractivity contribution in [1.29, 1.82) is 0 Å². The van der Waals surface area contributed by atoms with Gasteiger partial charge in [0.1, 0.15) is 5.82 Å². The van der Waals surface area contributed by atoms with Gasteiger partial charge in [-0.3, -0.25) is 0 Å². The minimum absolute atomic E-state index is 0.126. The summed E-state index contributed by atoms with van der Waals surface area (Å²) < 4.78 is 14.2. The summed E-state index contributed by atoms with van der Waals surface area (Å²) >= 11 is 0. The first-order valence-electron chi connectivity index (χ1n) is 6.95. The highest BCUT2D eigenvalue weighted by Crippen LogP contribution is 2.26. The Morgan fingerprint density at radius 1 is 1.42 bits per heavy atom. The molecule has 2 rings (SSSR count). The maximum atomic E-state index is 14.2. The van der Waals surface area contributed by atoms with Crippen molar-refractivity contribution >= 4 is 5.69 Å². The SMILES string of the molecule is C[C@@H](N)c1ccc(N2CCCC(N(C)C)C2)c(F)c1. The standard InChI is InChI=1S/C15H24FN3/c1-11(17)12-6-7-15(14(16)9-12)19-8-4-5-13(10-19)18(2)3/h6-7,9,11,13H,4-5,8,10,17H2,1-3H3/t11-,13?/m1/s1. The van der Waals surface area contributed by atoms with Crippen LogP contribution in [-0.2, 0) is 0 Å². The van der Waals surface area contributed by atoms with Crippen LogP contribution in [0.25, 0.3) is 0 Å². The van der Waals surface area contributed by atoms with Gasteiger partial charge in [-0.05, 0) is 51.6 Å². The van der Waals surface area contributed by atoms with Gasteiger partial charge in [0.25, 0.3) is 0 Å². The third-order valence-electron chi connectivity index (χ3n) is 3.97. The monoisotopic (exact) mass is 265 g/mol. The Hall–Kier alpha value is -1.13. The number of benzene rings is 1. The van der Waals surface area contributed by atoms with E-state index in [2.05, 4.69) is 23.9 Å². The van der Waals surface area contributed by atoms with E-state index >= 15 is 0 Å². The molecule has 0 radical (unpaired) electrons. The summed E-state index contributed by atoms with van der Waals surface area (Å²) in [6.07, 6.45) is 2.29. The molecule has 0 saturated carbocycles. The fraction of sp³-hybridized carbons (Fsp3) is 0.600. The molecule has 19 heavy (non-hydrogen) atoms. The molecule has 1 fully saturated rings. The number of likely N-dealkylation sites (N-methyl/N-ethyl adjacent to an activating group) is 1. The molecule has 1 heterocycles. The average molecular weight is 265 g/mol. The van der Waals surface area contributed by atoms with Crippen LogP contribution in [-0.4, -0.2) is 38.1 Å². The van der Waals surface area contributed by atoms with Gasteiger partial charge in [0.15, 0.2) is 0 Å². The molecule has 1 aromatic carbocycles. The van der Waals surface area contributed by atoms with Crippen LogP contribution < -0.4 is 10.6 Å². The lowest BCUT2D eigenvalue weighted by Gasteiger charge is -2.37. The van der Waals surface area contributed by atoms with E-state index in [0.29, 0.717) is 11.7 Å². The molecular formula is C15H24FN3. The lowest BCUT2D eigenvalue weighted by molar-refractivity contribution is 0.257. The summed E-state index contributed by atoms with van der Waals surface area (Å²) in [4.78, 5) is 4.37. The quantitative estimate of drug-likeness (QED) is 0.910. The second-order valence-corrected chi connectivity index (χ2v) is 5.71. The topological polar surface area (TPSA) is 32.5 Å². The van der Waals surface area contributed by atoms with Gasteiger partial charge in [-0.15, -0.1) is 0 Å². The van der Waals surface area contributed by atoms with E-state index in [4.69, 9.17) is 5.73 Å². The predicted molar refractivity (Wildman–Crippen MR) is 77.9 cm³/mol. The van der Waals surface area contributed by atoms with Crippen molar-refractivity contribution in [3.8, 4) is 0 Å². The first-order valence-corrected chi connectivity index (χ1v) is 6.95. The van der Waals surface area contributed by atoms with E-state index < -0.39 is 0 Å². The van der Waals surface area contributed by atoms with E-state index in [1.165, 1.54) is 6.42 Å². The predicted octanol–water partition coefficient (Wildman–Crippen LogP) is 2.38. The third-order valence-corrected chi connectivity index (χ3v) is 3.97. The average Bonchev–Trinajstić information content (AvgIpc) is 2.38. The molecule has 3 nitrogen and oxygen atoms in total. The van der Waals surface area contributed by atoms with Crippen molar-refractivity contribution in [2.45, 2.75) is 31.8 Å². The first-order chi connectivity index (χ1) is 8.99. The lowest BCUT2D eigenvalue weighted by atomic mass is 10.0. The van der Waals surface area contributed by atoms with Crippen molar-refractivity contribution in [3.05, 3.63) is 29.6 Å². The van der Waals surface area contributed by atoms with Crippen LogP contribution in [0.4, 0.5) is 10.1 Å². The van der Waals surface area contributed by atoms with Crippen molar-refractivity contribution in [2.24, 2.45) is 5.73 Å². The zero-order chi connectivity index (χ0) is 14.0. The smallest absolute Gasteiger partial charge is 0.146 e. The molecule has 1 aliphatic heterocycles. The van der Waals surface area contributed by atoms with Gasteiger partial charge in [-0.2, -0.15) is 0 Å². The van der Waals surface area contributed by atoms with Gasteiger partial charge in [-0.1, -0.05) is 6.07 Å². The Kier molecular flexibility index (Phi) is 4.42. The Labute approximate surface area is 115 Å². The van der Waals surface area contributed by atoms with E-state index in [1.54, 1.807) is 6.07 Å². The zero-order valence-corrected chi connectivity index (χ0v) is 12.1. The fourth-order valence-electron chi connectivity index (χ4n) is 2.66. The summed E-state index contributed by atoms with van der Waals surface area (Å²) in [7, 11) is 4.17. The van der Waals surface area contributed by atoms with Gasteiger partial charge in [-0.25, -0.2) is 4.39 Å². The third kappa shape index (κ3) is 3.25. The van der Waals surface area contributed by atoms with E-state index in [9.17, 15) is 4.39 Å². The maximum Gasteiger partial charge on any atom is 0.146 e. The number of nitrogens with zero attached hydrogens (tertiary/aromatic N) is 2. The minimum Gasteiger partial charge on any atom is -0.368 e. The first kappa shape index (κ1) is 14.3. The normalized spacial score (nSPS) is 21.8. The highest BCUT2D eigenvalue weighted by molar-refractivity contribution is 5.50. The van der Waals surface area contributed by atoms with Crippen LogP contribution in [0, 0.1) is 5.82 Å². The number of rotatable bonds is 3. The zero-order valence-electron chi connectivity index (χ0n) is 12.1. The molecule has 1 aromatic rings. The molecule has 106 valence electrons. The molecule has 2 N–H and O–H groups in total. The summed E-state index contributed by atoms with van der Waals surface area (Å²) in [5.74, 6) is -0.158. The highest BCUT2D eigenvalue weighted by atomic mass is 19.1. The fourth-order valence-corrected chi connectivity index (χ4v) is 2.66. The molecule has 2 atom stereocenters. The molecule has 1 aliphatic rings. The summed E-state index contributed by atoms with van der Waals surface area (Å²) in [5, 5.41) is 0.